The van der Waals surface area contributed by atoms with E-state index >= 15 is 0 Å². The molecule has 1 N–H and O–H groups in total. The van der Waals surface area contributed by atoms with Gasteiger partial charge < -0.3 is 4.90 Å². The van der Waals surface area contributed by atoms with E-state index < -0.39 is 23.8 Å². The van der Waals surface area contributed by atoms with Crippen LogP contribution in [0.25, 0.3) is 0 Å². The minimum Gasteiger partial charge on any atom is -0.309 e. The number of urea groups is 1. The van der Waals surface area contributed by atoms with Crippen LogP contribution < -0.4 is 10.2 Å². The monoisotopic (exact) mass is 350 g/mol. The van der Waals surface area contributed by atoms with Crippen molar-refractivity contribution in [2.24, 2.45) is 10.9 Å². The molecule has 1 fully saturated rings. The zero-order chi connectivity index (χ0) is 17.7. The average molecular weight is 351 g/mol. The third-order valence-electron chi connectivity index (χ3n) is 3.43. The van der Waals surface area contributed by atoms with E-state index in [-0.39, 0.29) is 0 Å². The maximum atomic E-state index is 12.5. The molecule has 1 atom stereocenters. The van der Waals surface area contributed by atoms with Crippen LogP contribution in [-0.2, 0) is 9.59 Å². The first-order valence-corrected chi connectivity index (χ1v) is 7.87. The van der Waals surface area contributed by atoms with Crippen LogP contribution in [0.15, 0.2) is 29.3 Å². The number of nitrogens with zero attached hydrogens (tertiary/aromatic N) is 3. The van der Waals surface area contributed by atoms with Crippen molar-refractivity contribution in [3.05, 3.63) is 29.3 Å². The third kappa shape index (κ3) is 4.39. The van der Waals surface area contributed by atoms with Gasteiger partial charge in [-0.25, -0.2) is 9.69 Å². The zero-order valence-electron chi connectivity index (χ0n) is 13.5. The first kappa shape index (κ1) is 18.1. The Morgan fingerprint density at radius 1 is 1.25 bits per heavy atom. The molecule has 0 bridgehead atoms. The van der Waals surface area contributed by atoms with Gasteiger partial charge in [0, 0.05) is 17.8 Å². The predicted molar refractivity (Wildman–Crippen MR) is 92.5 cm³/mol. The smallest absolute Gasteiger partial charge is 0.309 e. The molecule has 0 aromatic heterocycles. The van der Waals surface area contributed by atoms with Crippen LogP contribution in [-0.4, -0.2) is 56.1 Å². The molecule has 2 rings (SSSR count). The summed E-state index contributed by atoms with van der Waals surface area (Å²) in [6, 6.07) is 5.45. The number of carbonyl (C=O) groups is 3. The van der Waals surface area contributed by atoms with Gasteiger partial charge in [0.15, 0.2) is 5.92 Å². The number of amides is 4. The van der Waals surface area contributed by atoms with Crippen molar-refractivity contribution in [3.63, 3.8) is 0 Å². The second-order valence-corrected chi connectivity index (χ2v) is 6.07. The van der Waals surface area contributed by atoms with Gasteiger partial charge in [-0.1, -0.05) is 11.6 Å². The minimum atomic E-state index is -1.11. The fraction of sp³-hybridized carbons (Fsp3) is 0.375. The van der Waals surface area contributed by atoms with E-state index in [1.807, 2.05) is 19.0 Å². The Morgan fingerprint density at radius 3 is 2.54 bits per heavy atom. The maximum Gasteiger partial charge on any atom is 0.335 e. The van der Waals surface area contributed by atoms with Gasteiger partial charge in [0.2, 0.25) is 5.91 Å². The standard InChI is InChI=1S/C16H19ClN4O3/c1-20(2)9-3-8-18-10-13-14(22)19-16(24)21(15(13)23)12-6-4-11(17)5-7-12/h4-7,10,13H,3,8-9H2,1-2H3,(H,19,22,24). The maximum absolute atomic E-state index is 12.5. The van der Waals surface area contributed by atoms with E-state index in [1.54, 1.807) is 24.3 Å². The molecule has 1 aromatic rings. The topological polar surface area (TPSA) is 82.1 Å². The summed E-state index contributed by atoms with van der Waals surface area (Å²) in [7, 11) is 3.91. The number of aliphatic imine (C=N–C) groups is 1. The lowest BCUT2D eigenvalue weighted by atomic mass is 10.1. The molecule has 24 heavy (non-hydrogen) atoms. The summed E-state index contributed by atoms with van der Waals surface area (Å²) in [6.45, 7) is 1.36. The Balaban J connectivity index is 2.10. The molecule has 1 unspecified atom stereocenters. The normalized spacial score (nSPS) is 18.6. The zero-order valence-corrected chi connectivity index (χ0v) is 14.3. The van der Waals surface area contributed by atoms with Crippen molar-refractivity contribution < 1.29 is 14.4 Å². The van der Waals surface area contributed by atoms with Gasteiger partial charge in [-0.2, -0.15) is 0 Å². The number of imide groups is 2. The first-order valence-electron chi connectivity index (χ1n) is 7.49. The Morgan fingerprint density at radius 2 is 1.92 bits per heavy atom. The van der Waals surface area contributed by atoms with Crippen LogP contribution >= 0.6 is 11.6 Å². The number of hydrogen-bond donors (Lipinski definition) is 1. The number of hydrogen-bond acceptors (Lipinski definition) is 5. The molecule has 1 aliphatic heterocycles. The van der Waals surface area contributed by atoms with E-state index in [2.05, 4.69) is 10.3 Å². The highest BCUT2D eigenvalue weighted by Crippen LogP contribution is 2.22. The van der Waals surface area contributed by atoms with Crippen LogP contribution in [0.2, 0.25) is 5.02 Å². The van der Waals surface area contributed by atoms with Gasteiger partial charge in [0.25, 0.3) is 5.91 Å². The van der Waals surface area contributed by atoms with Crippen LogP contribution in [0.1, 0.15) is 6.42 Å². The number of rotatable bonds is 6. The number of anilines is 1. The van der Waals surface area contributed by atoms with E-state index in [0.717, 1.165) is 17.9 Å². The molecule has 7 nitrogen and oxygen atoms in total. The van der Waals surface area contributed by atoms with Crippen LogP contribution in [0, 0.1) is 5.92 Å². The van der Waals surface area contributed by atoms with Crippen molar-refractivity contribution in [2.75, 3.05) is 32.1 Å². The van der Waals surface area contributed by atoms with Crippen molar-refractivity contribution in [1.82, 2.24) is 10.2 Å². The molecule has 0 radical (unpaired) electrons. The minimum absolute atomic E-state index is 0.348. The second kappa shape index (κ2) is 8.03. The number of benzene rings is 1. The van der Waals surface area contributed by atoms with E-state index in [9.17, 15) is 14.4 Å². The lowest BCUT2D eigenvalue weighted by Crippen LogP contribution is -2.58. The number of nitrogens with one attached hydrogen (secondary N) is 1. The van der Waals surface area contributed by atoms with Gasteiger partial charge >= 0.3 is 6.03 Å². The quantitative estimate of drug-likeness (QED) is 0.479. The highest BCUT2D eigenvalue weighted by molar-refractivity contribution is 6.33. The predicted octanol–water partition coefficient (Wildman–Crippen LogP) is 1.56. The summed E-state index contributed by atoms with van der Waals surface area (Å²) >= 11 is 5.81. The molecule has 1 heterocycles. The molecular weight excluding hydrogens is 332 g/mol. The lowest BCUT2D eigenvalue weighted by Gasteiger charge is -2.28. The van der Waals surface area contributed by atoms with Crippen LogP contribution in [0.5, 0.6) is 0 Å². The number of barbiturate groups is 1. The molecule has 0 spiro atoms. The number of carbonyl (C=O) groups excluding carboxylic acids is 3. The van der Waals surface area contributed by atoms with Gasteiger partial charge in [-0.15, -0.1) is 0 Å². The Hall–Kier alpha value is -2.25. The Kier molecular flexibility index (Phi) is 6.05. The fourth-order valence-corrected chi connectivity index (χ4v) is 2.34. The molecule has 1 aromatic carbocycles. The summed E-state index contributed by atoms with van der Waals surface area (Å²) < 4.78 is 0. The van der Waals surface area contributed by atoms with Gasteiger partial charge in [-0.05, 0) is 51.3 Å². The summed E-state index contributed by atoms with van der Waals surface area (Å²) in [5, 5.41) is 2.66. The van der Waals surface area contributed by atoms with Crippen molar-refractivity contribution >= 4 is 41.3 Å². The Labute approximate surface area is 145 Å². The average Bonchev–Trinajstić information content (AvgIpc) is 2.51. The van der Waals surface area contributed by atoms with Crippen LogP contribution in [0.4, 0.5) is 10.5 Å². The fourth-order valence-electron chi connectivity index (χ4n) is 2.21. The van der Waals surface area contributed by atoms with Crippen molar-refractivity contribution in [1.29, 1.82) is 0 Å². The second-order valence-electron chi connectivity index (χ2n) is 5.63. The highest BCUT2D eigenvalue weighted by atomic mass is 35.5. The largest absolute Gasteiger partial charge is 0.335 e. The lowest BCUT2D eigenvalue weighted by molar-refractivity contribution is -0.131. The molecule has 4 amide bonds. The molecule has 1 aliphatic rings. The Bertz CT molecular complexity index is 658. The SMILES string of the molecule is CN(C)CCCN=CC1C(=O)NC(=O)N(c2ccc(Cl)cc2)C1=O. The van der Waals surface area contributed by atoms with E-state index in [1.165, 1.54) is 6.21 Å². The highest BCUT2D eigenvalue weighted by Gasteiger charge is 2.40. The first-order chi connectivity index (χ1) is 11.4. The summed E-state index contributed by atoms with van der Waals surface area (Å²) in [4.78, 5) is 43.5. The summed E-state index contributed by atoms with van der Waals surface area (Å²) in [5.41, 5.74) is 0.348. The van der Waals surface area contributed by atoms with Crippen molar-refractivity contribution in [3.8, 4) is 0 Å². The van der Waals surface area contributed by atoms with Crippen molar-refractivity contribution in [2.45, 2.75) is 6.42 Å². The van der Waals surface area contributed by atoms with E-state index in [0.29, 0.717) is 17.3 Å². The number of halogens is 1. The van der Waals surface area contributed by atoms with Gasteiger partial charge in [0.05, 0.1) is 5.69 Å². The molecule has 1 saturated heterocycles. The van der Waals surface area contributed by atoms with E-state index in [4.69, 9.17) is 11.6 Å². The van der Waals surface area contributed by atoms with Gasteiger partial charge in [0.1, 0.15) is 0 Å². The molecule has 0 saturated carbocycles. The molecule has 0 aliphatic carbocycles. The molecule has 128 valence electrons. The summed E-state index contributed by atoms with van der Waals surface area (Å²) in [5.74, 6) is -2.40. The molecule has 8 heteroatoms. The third-order valence-corrected chi connectivity index (χ3v) is 3.69. The summed E-state index contributed by atoms with van der Waals surface area (Å²) in [6.07, 6.45) is 2.12. The molecular formula is C16H19ClN4O3. The van der Waals surface area contributed by atoms with Gasteiger partial charge in [-0.3, -0.25) is 19.9 Å². The van der Waals surface area contributed by atoms with Crippen LogP contribution in [0.3, 0.4) is 0 Å².